The lowest BCUT2D eigenvalue weighted by molar-refractivity contribution is -0.255. The predicted molar refractivity (Wildman–Crippen MR) is 61.3 cm³/mol. The van der Waals surface area contributed by atoms with Crippen LogP contribution in [-0.2, 0) is 0 Å². The summed E-state index contributed by atoms with van der Waals surface area (Å²) >= 11 is 0. The summed E-state index contributed by atoms with van der Waals surface area (Å²) < 4.78 is 13.2. The van der Waals surface area contributed by atoms with E-state index in [0.29, 0.717) is 21.8 Å². The molecule has 0 fully saturated rings. The van der Waals surface area contributed by atoms with Crippen LogP contribution in [0, 0.1) is 5.82 Å². The molecule has 2 aromatic heterocycles. The van der Waals surface area contributed by atoms with E-state index in [1.165, 1.54) is 24.4 Å². The number of carboxylic acids is 1. The summed E-state index contributed by atoms with van der Waals surface area (Å²) in [6.07, 6.45) is 1.52. The quantitative estimate of drug-likeness (QED) is 0.602. The second kappa shape index (κ2) is 3.73. The number of carbonyl (C=O) groups is 1. The second-order valence-electron chi connectivity index (χ2n) is 3.81. The Bertz CT molecular complexity index is 786. The molecule has 3 rings (SSSR count). The fraction of sp³-hybridized carbons (Fsp3) is 0. The zero-order valence-corrected chi connectivity index (χ0v) is 9.05. The molecular formula is C13H6FN2O2-. The van der Waals surface area contributed by atoms with E-state index in [0.717, 1.165) is 0 Å². The van der Waals surface area contributed by atoms with Gasteiger partial charge >= 0.3 is 0 Å². The van der Waals surface area contributed by atoms with Gasteiger partial charge in [0.15, 0.2) is 0 Å². The van der Waals surface area contributed by atoms with Crippen molar-refractivity contribution >= 4 is 27.8 Å². The summed E-state index contributed by atoms with van der Waals surface area (Å²) in [6.45, 7) is 0. The fourth-order valence-electron chi connectivity index (χ4n) is 1.94. The van der Waals surface area contributed by atoms with Crippen molar-refractivity contribution in [2.45, 2.75) is 0 Å². The van der Waals surface area contributed by atoms with Crippen LogP contribution in [0.25, 0.3) is 21.8 Å². The maximum atomic E-state index is 13.2. The van der Waals surface area contributed by atoms with Gasteiger partial charge in [0.2, 0.25) is 0 Å². The number of hydrogen-bond acceptors (Lipinski definition) is 4. The lowest BCUT2D eigenvalue weighted by Crippen LogP contribution is -2.24. The van der Waals surface area contributed by atoms with Crippen LogP contribution in [0.15, 0.2) is 36.5 Å². The summed E-state index contributed by atoms with van der Waals surface area (Å²) in [4.78, 5) is 19.1. The van der Waals surface area contributed by atoms with E-state index in [9.17, 15) is 14.3 Å². The molecule has 0 amide bonds. The lowest BCUT2D eigenvalue weighted by atomic mass is 10.1. The Kier molecular flexibility index (Phi) is 2.19. The first-order valence-electron chi connectivity index (χ1n) is 5.22. The number of rotatable bonds is 1. The number of halogens is 1. The Morgan fingerprint density at radius 3 is 2.83 bits per heavy atom. The Balaban J connectivity index is 2.57. The molecule has 0 aliphatic carbocycles. The number of aromatic nitrogens is 2. The highest BCUT2D eigenvalue weighted by Crippen LogP contribution is 2.24. The molecule has 0 saturated heterocycles. The van der Waals surface area contributed by atoms with Crippen molar-refractivity contribution in [3.05, 3.63) is 48.0 Å². The number of fused-ring (bicyclic) bond motifs is 3. The average molecular weight is 241 g/mol. The van der Waals surface area contributed by atoms with Crippen LogP contribution in [0.4, 0.5) is 4.39 Å². The van der Waals surface area contributed by atoms with Gasteiger partial charge in [0.25, 0.3) is 0 Å². The highest BCUT2D eigenvalue weighted by Gasteiger charge is 2.10. The Labute approximate surface area is 101 Å². The van der Waals surface area contributed by atoms with E-state index in [2.05, 4.69) is 9.97 Å². The standard InChI is InChI=1S/C13H7FN2O2/c14-7-3-4-10-9(6-7)11-8(2-1-5-15-11)12(16-10)13(17)18/h1-6H,(H,17,18)/p-1. The van der Waals surface area contributed by atoms with Crippen LogP contribution < -0.4 is 5.11 Å². The van der Waals surface area contributed by atoms with Crippen molar-refractivity contribution in [1.29, 1.82) is 0 Å². The minimum absolute atomic E-state index is 0.183. The number of carboxylic acid groups (broad SMARTS) is 1. The van der Waals surface area contributed by atoms with E-state index < -0.39 is 11.8 Å². The van der Waals surface area contributed by atoms with Gasteiger partial charge in [-0.05, 0) is 30.3 Å². The number of carbonyl (C=O) groups excluding carboxylic acids is 1. The third kappa shape index (κ3) is 1.48. The molecule has 0 saturated carbocycles. The minimum Gasteiger partial charge on any atom is -0.543 e. The van der Waals surface area contributed by atoms with Gasteiger partial charge in [0.05, 0.1) is 22.7 Å². The third-order valence-corrected chi connectivity index (χ3v) is 2.70. The summed E-state index contributed by atoms with van der Waals surface area (Å²) in [6, 6.07) is 7.11. The molecule has 0 radical (unpaired) electrons. The minimum atomic E-state index is -1.38. The van der Waals surface area contributed by atoms with Gasteiger partial charge in [0.1, 0.15) is 5.82 Å². The molecule has 0 spiro atoms. The first-order valence-corrected chi connectivity index (χ1v) is 5.22. The average Bonchev–Trinajstić information content (AvgIpc) is 2.37. The van der Waals surface area contributed by atoms with Crippen molar-refractivity contribution in [1.82, 2.24) is 9.97 Å². The fourth-order valence-corrected chi connectivity index (χ4v) is 1.94. The normalized spacial score (nSPS) is 10.9. The monoisotopic (exact) mass is 241 g/mol. The molecule has 0 aliphatic rings. The first kappa shape index (κ1) is 10.6. The molecule has 2 heterocycles. The molecule has 1 aromatic carbocycles. The van der Waals surface area contributed by atoms with Crippen LogP contribution in [0.3, 0.4) is 0 Å². The Morgan fingerprint density at radius 2 is 2.06 bits per heavy atom. The molecular weight excluding hydrogens is 235 g/mol. The number of hydrogen-bond donors (Lipinski definition) is 0. The van der Waals surface area contributed by atoms with Gasteiger partial charge in [-0.15, -0.1) is 0 Å². The van der Waals surface area contributed by atoms with Crippen molar-refractivity contribution in [2.75, 3.05) is 0 Å². The summed E-state index contributed by atoms with van der Waals surface area (Å²) in [7, 11) is 0. The Morgan fingerprint density at radius 1 is 1.22 bits per heavy atom. The van der Waals surface area contributed by atoms with Crippen molar-refractivity contribution in [3.63, 3.8) is 0 Å². The van der Waals surface area contributed by atoms with Crippen molar-refractivity contribution in [2.24, 2.45) is 0 Å². The SMILES string of the molecule is O=C([O-])c1nc2ccc(F)cc2c2ncccc12. The highest BCUT2D eigenvalue weighted by molar-refractivity contribution is 6.10. The van der Waals surface area contributed by atoms with Crippen molar-refractivity contribution < 1.29 is 14.3 Å². The smallest absolute Gasteiger partial charge is 0.124 e. The summed E-state index contributed by atoms with van der Waals surface area (Å²) in [5.41, 5.74) is 0.597. The van der Waals surface area contributed by atoms with Crippen LogP contribution in [0.5, 0.6) is 0 Å². The van der Waals surface area contributed by atoms with Crippen LogP contribution in [0.1, 0.15) is 10.5 Å². The van der Waals surface area contributed by atoms with Gasteiger partial charge in [-0.1, -0.05) is 0 Å². The maximum Gasteiger partial charge on any atom is 0.124 e. The highest BCUT2D eigenvalue weighted by atomic mass is 19.1. The molecule has 88 valence electrons. The van der Waals surface area contributed by atoms with Crippen LogP contribution >= 0.6 is 0 Å². The second-order valence-corrected chi connectivity index (χ2v) is 3.81. The largest absolute Gasteiger partial charge is 0.543 e. The van der Waals surface area contributed by atoms with Gasteiger partial charge in [-0.3, -0.25) is 4.98 Å². The molecule has 4 nitrogen and oxygen atoms in total. The van der Waals surface area contributed by atoms with Crippen LogP contribution in [-0.4, -0.2) is 15.9 Å². The van der Waals surface area contributed by atoms with Gasteiger partial charge < -0.3 is 9.90 Å². The molecule has 3 aromatic rings. The number of aromatic carboxylic acids is 1. The molecule has 0 aliphatic heterocycles. The zero-order chi connectivity index (χ0) is 12.7. The number of benzene rings is 1. The third-order valence-electron chi connectivity index (χ3n) is 2.70. The number of pyridine rings is 2. The first-order chi connectivity index (χ1) is 8.66. The summed E-state index contributed by atoms with van der Waals surface area (Å²) in [5, 5.41) is 11.9. The predicted octanol–water partition coefficient (Wildman–Crippen LogP) is 1.29. The van der Waals surface area contributed by atoms with E-state index in [4.69, 9.17) is 0 Å². The lowest BCUT2D eigenvalue weighted by Gasteiger charge is -2.09. The van der Waals surface area contributed by atoms with Crippen molar-refractivity contribution in [3.8, 4) is 0 Å². The van der Waals surface area contributed by atoms with Gasteiger partial charge in [-0.25, -0.2) is 9.37 Å². The Hall–Kier alpha value is -2.56. The molecule has 0 bridgehead atoms. The van der Waals surface area contributed by atoms with Gasteiger partial charge in [-0.2, -0.15) is 0 Å². The molecule has 0 unspecified atom stereocenters. The van der Waals surface area contributed by atoms with Crippen LogP contribution in [0.2, 0.25) is 0 Å². The van der Waals surface area contributed by atoms with Gasteiger partial charge in [0, 0.05) is 17.0 Å². The molecule has 18 heavy (non-hydrogen) atoms. The van der Waals surface area contributed by atoms with E-state index in [1.807, 2.05) is 0 Å². The zero-order valence-electron chi connectivity index (χ0n) is 9.05. The maximum absolute atomic E-state index is 13.2. The summed E-state index contributed by atoms with van der Waals surface area (Å²) in [5.74, 6) is -1.79. The molecule has 5 heteroatoms. The van der Waals surface area contributed by atoms with E-state index >= 15 is 0 Å². The molecule has 0 N–H and O–H groups in total. The molecule has 0 atom stereocenters. The van der Waals surface area contributed by atoms with E-state index in [-0.39, 0.29) is 5.69 Å². The topological polar surface area (TPSA) is 65.9 Å². The van der Waals surface area contributed by atoms with E-state index in [1.54, 1.807) is 12.1 Å². The number of nitrogens with zero attached hydrogens (tertiary/aromatic N) is 2.